The summed E-state index contributed by atoms with van der Waals surface area (Å²) in [4.78, 5) is 11.8. The molecule has 0 spiro atoms. The van der Waals surface area contributed by atoms with E-state index in [4.69, 9.17) is 16.3 Å². The van der Waals surface area contributed by atoms with E-state index in [1.165, 1.54) is 5.56 Å². The number of rotatable bonds is 6. The first kappa shape index (κ1) is 18.0. The van der Waals surface area contributed by atoms with Gasteiger partial charge in [0, 0.05) is 5.02 Å². The molecule has 1 amide bonds. The summed E-state index contributed by atoms with van der Waals surface area (Å²) in [6.45, 7) is 6.06. The van der Waals surface area contributed by atoms with E-state index in [9.17, 15) is 4.79 Å². The lowest BCUT2D eigenvalue weighted by molar-refractivity contribution is -0.123. The van der Waals surface area contributed by atoms with E-state index < -0.39 is 0 Å². The Kier molecular flexibility index (Phi) is 6.38. The maximum absolute atomic E-state index is 11.8. The Morgan fingerprint density at radius 2 is 1.96 bits per heavy atom. The van der Waals surface area contributed by atoms with Gasteiger partial charge in [0.15, 0.2) is 6.61 Å². The number of carbonyl (C=O) groups is 1. The van der Waals surface area contributed by atoms with E-state index in [2.05, 4.69) is 36.5 Å². The third-order valence-electron chi connectivity index (χ3n) is 3.50. The number of nitrogens with one attached hydrogen (secondary N) is 1. The normalized spacial score (nSPS) is 11.0. The van der Waals surface area contributed by atoms with Gasteiger partial charge in [0.2, 0.25) is 0 Å². The largest absolute Gasteiger partial charge is 0.483 e. The number of carbonyl (C=O) groups excluding carboxylic acids is 1. The minimum Gasteiger partial charge on any atom is -0.483 e. The zero-order valence-electron chi connectivity index (χ0n) is 14.0. The number of hydrogen-bond acceptors (Lipinski definition) is 3. The number of benzene rings is 2. The van der Waals surface area contributed by atoms with Gasteiger partial charge in [-0.15, -0.1) is 0 Å². The lowest BCUT2D eigenvalue weighted by Crippen LogP contribution is -2.24. The molecule has 0 aromatic heterocycles. The quantitative estimate of drug-likeness (QED) is 0.627. The average molecular weight is 345 g/mol. The molecule has 1 N–H and O–H groups in total. The summed E-state index contributed by atoms with van der Waals surface area (Å²) in [5, 5.41) is 4.58. The Balaban J connectivity index is 1.82. The topological polar surface area (TPSA) is 50.7 Å². The Morgan fingerprint density at radius 1 is 1.25 bits per heavy atom. The number of hydrazone groups is 1. The van der Waals surface area contributed by atoms with Crippen LogP contribution in [-0.4, -0.2) is 18.7 Å². The summed E-state index contributed by atoms with van der Waals surface area (Å²) in [5.74, 6) is 0.798. The fourth-order valence-electron chi connectivity index (χ4n) is 2.10. The van der Waals surface area contributed by atoms with Crippen molar-refractivity contribution in [2.45, 2.75) is 26.7 Å². The van der Waals surface area contributed by atoms with Gasteiger partial charge in [0.05, 0.1) is 6.21 Å². The van der Waals surface area contributed by atoms with Crippen molar-refractivity contribution in [3.63, 3.8) is 0 Å². The second kappa shape index (κ2) is 8.50. The molecular weight excluding hydrogens is 324 g/mol. The maximum Gasteiger partial charge on any atom is 0.277 e. The molecule has 0 aliphatic carbocycles. The molecule has 0 fully saturated rings. The summed E-state index contributed by atoms with van der Waals surface area (Å²) >= 11 is 5.88. The fraction of sp³-hybridized carbons (Fsp3) is 0.263. The second-order valence-corrected chi connectivity index (χ2v) is 6.25. The van der Waals surface area contributed by atoms with Crippen molar-refractivity contribution in [3.05, 3.63) is 64.2 Å². The first-order valence-corrected chi connectivity index (χ1v) is 8.14. The van der Waals surface area contributed by atoms with Crippen molar-refractivity contribution in [1.29, 1.82) is 0 Å². The standard InChI is InChI=1S/C19H21ClN2O2/c1-13(2)16-6-4-15(5-7-16)11-21-22-19(23)12-24-18-9-8-17(20)10-14(18)3/h4-11,13H,12H2,1-3H3,(H,22,23). The molecule has 0 aliphatic heterocycles. The Morgan fingerprint density at radius 3 is 2.58 bits per heavy atom. The average Bonchev–Trinajstić information content (AvgIpc) is 2.54. The number of hydrogen-bond donors (Lipinski definition) is 1. The van der Waals surface area contributed by atoms with Gasteiger partial charge in [-0.25, -0.2) is 5.43 Å². The second-order valence-electron chi connectivity index (χ2n) is 5.81. The lowest BCUT2D eigenvalue weighted by Gasteiger charge is -2.08. The molecule has 2 rings (SSSR count). The molecule has 0 bridgehead atoms. The Bertz CT molecular complexity index is 725. The van der Waals surface area contributed by atoms with Crippen LogP contribution in [0.5, 0.6) is 5.75 Å². The van der Waals surface area contributed by atoms with Crippen molar-refractivity contribution in [3.8, 4) is 5.75 Å². The van der Waals surface area contributed by atoms with Crippen LogP contribution in [0.1, 0.15) is 36.5 Å². The summed E-state index contributed by atoms with van der Waals surface area (Å²) in [6, 6.07) is 13.3. The molecule has 0 atom stereocenters. The molecule has 0 saturated heterocycles. The number of aryl methyl sites for hydroxylation is 1. The molecule has 0 unspecified atom stereocenters. The van der Waals surface area contributed by atoms with Crippen LogP contribution < -0.4 is 10.2 Å². The van der Waals surface area contributed by atoms with Crippen LogP contribution in [0, 0.1) is 6.92 Å². The molecule has 2 aromatic rings. The fourth-order valence-corrected chi connectivity index (χ4v) is 2.32. The predicted octanol–water partition coefficient (Wildman–Crippen LogP) is 4.30. The van der Waals surface area contributed by atoms with Crippen molar-refractivity contribution < 1.29 is 9.53 Å². The third-order valence-corrected chi connectivity index (χ3v) is 3.74. The summed E-state index contributed by atoms with van der Waals surface area (Å²) < 4.78 is 5.45. The van der Waals surface area contributed by atoms with Crippen LogP contribution in [0.15, 0.2) is 47.6 Å². The van der Waals surface area contributed by atoms with Gasteiger partial charge in [0.25, 0.3) is 5.91 Å². The number of halogens is 1. The van der Waals surface area contributed by atoms with E-state index >= 15 is 0 Å². The van der Waals surface area contributed by atoms with Crippen molar-refractivity contribution in [2.75, 3.05) is 6.61 Å². The van der Waals surface area contributed by atoms with Crippen LogP contribution in [0.4, 0.5) is 0 Å². The van der Waals surface area contributed by atoms with Gasteiger partial charge in [-0.3, -0.25) is 4.79 Å². The van der Waals surface area contributed by atoms with Crippen LogP contribution in [-0.2, 0) is 4.79 Å². The van der Waals surface area contributed by atoms with Crippen molar-refractivity contribution in [1.82, 2.24) is 5.43 Å². The number of nitrogens with zero attached hydrogens (tertiary/aromatic N) is 1. The van der Waals surface area contributed by atoms with Gasteiger partial charge in [0.1, 0.15) is 5.75 Å². The minimum atomic E-state index is -0.320. The number of amides is 1. The molecule has 0 radical (unpaired) electrons. The van der Waals surface area contributed by atoms with Crippen molar-refractivity contribution in [2.24, 2.45) is 5.10 Å². The van der Waals surface area contributed by atoms with E-state index in [0.29, 0.717) is 16.7 Å². The molecule has 126 valence electrons. The van der Waals surface area contributed by atoms with Gasteiger partial charge in [-0.05, 0) is 47.7 Å². The van der Waals surface area contributed by atoms with E-state index in [1.807, 2.05) is 19.1 Å². The number of ether oxygens (including phenoxy) is 1. The van der Waals surface area contributed by atoms with Crippen LogP contribution >= 0.6 is 11.6 Å². The summed E-state index contributed by atoms with van der Waals surface area (Å²) in [7, 11) is 0. The highest BCUT2D eigenvalue weighted by Crippen LogP contribution is 2.21. The zero-order valence-corrected chi connectivity index (χ0v) is 14.8. The summed E-state index contributed by atoms with van der Waals surface area (Å²) in [5.41, 5.74) is 5.52. The SMILES string of the molecule is Cc1cc(Cl)ccc1OCC(=O)NN=Cc1ccc(C(C)C)cc1. The third kappa shape index (κ3) is 5.39. The van der Waals surface area contributed by atoms with Gasteiger partial charge in [-0.2, -0.15) is 5.10 Å². The maximum atomic E-state index is 11.8. The van der Waals surface area contributed by atoms with Gasteiger partial charge < -0.3 is 4.74 Å². The Hall–Kier alpha value is -2.33. The van der Waals surface area contributed by atoms with E-state index in [0.717, 1.165) is 11.1 Å². The Labute approximate surface area is 147 Å². The van der Waals surface area contributed by atoms with Gasteiger partial charge in [-0.1, -0.05) is 49.7 Å². The van der Waals surface area contributed by atoms with E-state index in [-0.39, 0.29) is 12.5 Å². The minimum absolute atomic E-state index is 0.105. The highest BCUT2D eigenvalue weighted by Gasteiger charge is 2.04. The van der Waals surface area contributed by atoms with Crippen LogP contribution in [0.25, 0.3) is 0 Å². The molecule has 5 heteroatoms. The molecule has 0 heterocycles. The highest BCUT2D eigenvalue weighted by molar-refractivity contribution is 6.30. The smallest absolute Gasteiger partial charge is 0.277 e. The highest BCUT2D eigenvalue weighted by atomic mass is 35.5. The van der Waals surface area contributed by atoms with Crippen LogP contribution in [0.3, 0.4) is 0 Å². The molecule has 2 aromatic carbocycles. The first-order chi connectivity index (χ1) is 11.5. The van der Waals surface area contributed by atoms with Gasteiger partial charge >= 0.3 is 0 Å². The predicted molar refractivity (Wildman–Crippen MR) is 98.0 cm³/mol. The molecular formula is C19H21ClN2O2. The van der Waals surface area contributed by atoms with Crippen LogP contribution in [0.2, 0.25) is 5.02 Å². The summed E-state index contributed by atoms with van der Waals surface area (Å²) in [6.07, 6.45) is 1.61. The molecule has 24 heavy (non-hydrogen) atoms. The monoisotopic (exact) mass is 344 g/mol. The van der Waals surface area contributed by atoms with Crippen molar-refractivity contribution >= 4 is 23.7 Å². The molecule has 4 nitrogen and oxygen atoms in total. The first-order valence-electron chi connectivity index (χ1n) is 7.76. The zero-order chi connectivity index (χ0) is 17.5. The van der Waals surface area contributed by atoms with E-state index in [1.54, 1.807) is 24.4 Å². The molecule has 0 saturated carbocycles. The lowest BCUT2D eigenvalue weighted by atomic mass is 10.0. The molecule has 0 aliphatic rings.